The van der Waals surface area contributed by atoms with E-state index in [2.05, 4.69) is 36.4 Å². The van der Waals surface area contributed by atoms with Gasteiger partial charge in [0.25, 0.3) is 0 Å². The molecule has 0 aliphatic heterocycles. The summed E-state index contributed by atoms with van der Waals surface area (Å²) in [4.78, 5) is 0. The van der Waals surface area contributed by atoms with E-state index in [4.69, 9.17) is 5.11 Å². The van der Waals surface area contributed by atoms with Crippen LogP contribution in [0.3, 0.4) is 0 Å². The Morgan fingerprint density at radius 1 is 0.882 bits per heavy atom. The highest BCUT2D eigenvalue weighted by Crippen LogP contribution is 2.02. The van der Waals surface area contributed by atoms with Crippen LogP contribution < -0.4 is 0 Å². The van der Waals surface area contributed by atoms with Gasteiger partial charge in [0.15, 0.2) is 0 Å². The minimum absolute atomic E-state index is 0.148. The predicted molar refractivity (Wildman–Crippen MR) is 74.7 cm³/mol. The van der Waals surface area contributed by atoms with Gasteiger partial charge in [0.05, 0.1) is 6.61 Å². The Labute approximate surface area is 104 Å². The number of hydrogen-bond acceptors (Lipinski definition) is 1. The summed E-state index contributed by atoms with van der Waals surface area (Å²) in [5.41, 5.74) is 1.23. The van der Waals surface area contributed by atoms with E-state index < -0.39 is 0 Å². The molecule has 0 radical (unpaired) electrons. The molecule has 90 valence electrons. The van der Waals surface area contributed by atoms with E-state index in [1.807, 2.05) is 24.3 Å². The molecule has 1 rings (SSSR count). The average Bonchev–Trinajstić information content (AvgIpc) is 2.38. The van der Waals surface area contributed by atoms with Crippen molar-refractivity contribution in [1.82, 2.24) is 0 Å². The fourth-order valence-electron chi connectivity index (χ4n) is 1.45. The van der Waals surface area contributed by atoms with Gasteiger partial charge in [-0.15, -0.1) is 0 Å². The molecule has 17 heavy (non-hydrogen) atoms. The maximum absolute atomic E-state index is 8.54. The third kappa shape index (κ3) is 7.31. The topological polar surface area (TPSA) is 20.2 Å². The lowest BCUT2D eigenvalue weighted by Crippen LogP contribution is -1.72. The smallest absolute Gasteiger partial charge is 0.0612 e. The number of aliphatic hydroxyl groups is 1. The summed E-state index contributed by atoms with van der Waals surface area (Å²) in [5, 5.41) is 8.54. The van der Waals surface area contributed by atoms with Crippen molar-refractivity contribution < 1.29 is 5.11 Å². The Morgan fingerprint density at radius 2 is 1.65 bits per heavy atom. The van der Waals surface area contributed by atoms with Crippen LogP contribution in [0.25, 0.3) is 6.08 Å². The molecule has 1 aromatic carbocycles. The van der Waals surface area contributed by atoms with Gasteiger partial charge in [-0.05, 0) is 24.8 Å². The highest BCUT2D eigenvalue weighted by Gasteiger charge is 1.81. The first-order valence-corrected chi connectivity index (χ1v) is 6.07. The van der Waals surface area contributed by atoms with E-state index in [0.717, 1.165) is 19.3 Å². The zero-order valence-corrected chi connectivity index (χ0v) is 10.1. The zero-order chi connectivity index (χ0) is 12.2. The highest BCUT2D eigenvalue weighted by molar-refractivity contribution is 5.50. The molecule has 0 heterocycles. The van der Waals surface area contributed by atoms with Crippen molar-refractivity contribution in [2.75, 3.05) is 6.61 Å². The fourth-order valence-corrected chi connectivity index (χ4v) is 1.45. The number of hydrogen-bond donors (Lipinski definition) is 1. The molecule has 1 nitrogen and oxygen atoms in total. The summed E-state index contributed by atoms with van der Waals surface area (Å²) >= 11 is 0. The summed E-state index contributed by atoms with van der Waals surface area (Å²) in [6.07, 6.45) is 15.5. The molecule has 0 amide bonds. The number of unbranched alkanes of at least 4 members (excludes halogenated alkanes) is 2. The molecular weight excluding hydrogens is 208 g/mol. The van der Waals surface area contributed by atoms with Crippen molar-refractivity contribution in [3.63, 3.8) is 0 Å². The van der Waals surface area contributed by atoms with Gasteiger partial charge in [-0.25, -0.2) is 0 Å². The quantitative estimate of drug-likeness (QED) is 0.425. The SMILES string of the molecule is OC/C=C/CCC/C=C/C=C/c1ccccc1. The van der Waals surface area contributed by atoms with Gasteiger partial charge in [-0.1, -0.05) is 66.8 Å². The third-order valence-corrected chi connectivity index (χ3v) is 2.35. The lowest BCUT2D eigenvalue weighted by molar-refractivity contribution is 0.342. The molecule has 0 bridgehead atoms. The van der Waals surface area contributed by atoms with Crippen molar-refractivity contribution in [2.24, 2.45) is 0 Å². The molecule has 1 heteroatoms. The molecule has 0 saturated heterocycles. The first-order chi connectivity index (χ1) is 8.43. The van der Waals surface area contributed by atoms with Crippen LogP contribution in [0.1, 0.15) is 24.8 Å². The van der Waals surface area contributed by atoms with Gasteiger partial charge >= 0.3 is 0 Å². The Hall–Kier alpha value is -1.60. The number of aliphatic hydroxyl groups excluding tert-OH is 1. The van der Waals surface area contributed by atoms with Gasteiger partial charge < -0.3 is 5.11 Å². The third-order valence-electron chi connectivity index (χ3n) is 2.35. The summed E-state index contributed by atoms with van der Waals surface area (Å²) in [6, 6.07) is 10.3. The second-order valence-corrected chi connectivity index (χ2v) is 3.78. The van der Waals surface area contributed by atoms with Gasteiger partial charge in [0.2, 0.25) is 0 Å². The van der Waals surface area contributed by atoms with Crippen molar-refractivity contribution in [3.05, 3.63) is 66.3 Å². The van der Waals surface area contributed by atoms with Gasteiger partial charge in [-0.2, -0.15) is 0 Å². The van der Waals surface area contributed by atoms with Crippen molar-refractivity contribution in [3.8, 4) is 0 Å². The second-order valence-electron chi connectivity index (χ2n) is 3.78. The van der Waals surface area contributed by atoms with Crippen LogP contribution in [-0.2, 0) is 0 Å². The molecule has 0 saturated carbocycles. The molecule has 0 atom stereocenters. The molecule has 0 unspecified atom stereocenters. The zero-order valence-electron chi connectivity index (χ0n) is 10.1. The average molecular weight is 228 g/mol. The van der Waals surface area contributed by atoms with Gasteiger partial charge in [0, 0.05) is 0 Å². The van der Waals surface area contributed by atoms with Crippen molar-refractivity contribution in [1.29, 1.82) is 0 Å². The molecule has 0 aromatic heterocycles. The molecule has 0 fully saturated rings. The Kier molecular flexibility index (Phi) is 7.61. The Balaban J connectivity index is 2.14. The fraction of sp³-hybridized carbons (Fsp3) is 0.250. The van der Waals surface area contributed by atoms with Crippen LogP contribution >= 0.6 is 0 Å². The predicted octanol–water partition coefficient (Wildman–Crippen LogP) is 3.97. The molecule has 1 aromatic rings. The molecule has 0 aliphatic carbocycles. The normalized spacial score (nSPS) is 12.1. The minimum Gasteiger partial charge on any atom is -0.392 e. The molecule has 0 spiro atoms. The monoisotopic (exact) mass is 228 g/mol. The van der Waals surface area contributed by atoms with Gasteiger partial charge in [-0.3, -0.25) is 0 Å². The van der Waals surface area contributed by atoms with Crippen molar-refractivity contribution in [2.45, 2.75) is 19.3 Å². The summed E-state index contributed by atoms with van der Waals surface area (Å²) < 4.78 is 0. The molecule has 1 N–H and O–H groups in total. The van der Waals surface area contributed by atoms with E-state index in [0.29, 0.717) is 0 Å². The van der Waals surface area contributed by atoms with Crippen LogP contribution in [-0.4, -0.2) is 11.7 Å². The minimum atomic E-state index is 0.148. The Morgan fingerprint density at radius 3 is 2.41 bits per heavy atom. The lowest BCUT2D eigenvalue weighted by Gasteiger charge is -1.90. The van der Waals surface area contributed by atoms with Crippen LogP contribution in [0, 0.1) is 0 Å². The maximum Gasteiger partial charge on any atom is 0.0612 e. The van der Waals surface area contributed by atoms with Crippen LogP contribution in [0.2, 0.25) is 0 Å². The highest BCUT2D eigenvalue weighted by atomic mass is 16.2. The summed E-state index contributed by atoms with van der Waals surface area (Å²) in [6.45, 7) is 0.148. The first kappa shape index (κ1) is 13.5. The number of allylic oxidation sites excluding steroid dienone is 4. The molecular formula is C16H20O. The van der Waals surface area contributed by atoms with E-state index in [1.165, 1.54) is 5.56 Å². The van der Waals surface area contributed by atoms with E-state index >= 15 is 0 Å². The lowest BCUT2D eigenvalue weighted by atomic mass is 10.2. The van der Waals surface area contributed by atoms with Gasteiger partial charge in [0.1, 0.15) is 0 Å². The first-order valence-electron chi connectivity index (χ1n) is 6.07. The van der Waals surface area contributed by atoms with E-state index in [-0.39, 0.29) is 6.61 Å². The summed E-state index contributed by atoms with van der Waals surface area (Å²) in [5.74, 6) is 0. The Bertz CT molecular complexity index is 360. The van der Waals surface area contributed by atoms with Crippen LogP contribution in [0.15, 0.2) is 60.7 Å². The van der Waals surface area contributed by atoms with Crippen LogP contribution in [0.4, 0.5) is 0 Å². The van der Waals surface area contributed by atoms with E-state index in [9.17, 15) is 0 Å². The van der Waals surface area contributed by atoms with Crippen LogP contribution in [0.5, 0.6) is 0 Å². The largest absolute Gasteiger partial charge is 0.392 e. The second kappa shape index (κ2) is 9.61. The number of benzene rings is 1. The maximum atomic E-state index is 8.54. The van der Waals surface area contributed by atoms with E-state index in [1.54, 1.807) is 6.08 Å². The summed E-state index contributed by atoms with van der Waals surface area (Å²) in [7, 11) is 0. The molecule has 0 aliphatic rings. The standard InChI is InChI=1S/C16H20O/c17-15-11-6-4-2-1-3-5-8-12-16-13-9-7-10-14-16/h3,5-14,17H,1-2,4,15H2/b5-3+,11-6+,12-8+. The van der Waals surface area contributed by atoms with Crippen molar-refractivity contribution >= 4 is 6.08 Å². The number of rotatable bonds is 7.